The fourth-order valence-corrected chi connectivity index (χ4v) is 4.71. The standard InChI is InChI=1S/C14H17N5O3S2/c1-18-14(15-16-17-18)23-10-13(20)11-4-6-12(7-5-11)24(21,22)19-8-2-3-9-19/h4-7H,2-3,8-10H2,1H3. The lowest BCUT2D eigenvalue weighted by atomic mass is 10.1. The largest absolute Gasteiger partial charge is 0.293 e. The minimum absolute atomic E-state index is 0.104. The number of hydrogen-bond donors (Lipinski definition) is 0. The lowest BCUT2D eigenvalue weighted by Gasteiger charge is -2.15. The monoisotopic (exact) mass is 367 g/mol. The molecule has 0 bridgehead atoms. The molecule has 1 saturated heterocycles. The first-order valence-electron chi connectivity index (χ1n) is 7.47. The second kappa shape index (κ2) is 6.99. The van der Waals surface area contributed by atoms with Gasteiger partial charge in [0.05, 0.1) is 10.6 Å². The zero-order valence-corrected chi connectivity index (χ0v) is 14.8. The molecule has 1 fully saturated rings. The van der Waals surface area contributed by atoms with E-state index in [4.69, 9.17) is 0 Å². The number of nitrogens with zero attached hydrogens (tertiary/aromatic N) is 5. The smallest absolute Gasteiger partial charge is 0.243 e. The Morgan fingerprint density at radius 2 is 1.88 bits per heavy atom. The second-order valence-electron chi connectivity index (χ2n) is 5.43. The average molecular weight is 367 g/mol. The van der Waals surface area contributed by atoms with Crippen LogP contribution in [-0.4, -0.2) is 57.6 Å². The van der Waals surface area contributed by atoms with E-state index in [0.29, 0.717) is 23.8 Å². The molecule has 1 aliphatic heterocycles. The summed E-state index contributed by atoms with van der Waals surface area (Å²) in [6.07, 6.45) is 1.79. The molecule has 1 aromatic heterocycles. The van der Waals surface area contributed by atoms with Gasteiger partial charge in [-0.3, -0.25) is 4.79 Å². The zero-order chi connectivity index (χ0) is 17.2. The summed E-state index contributed by atoms with van der Waals surface area (Å²) in [4.78, 5) is 12.4. The molecule has 0 aliphatic carbocycles. The van der Waals surface area contributed by atoms with Crippen LogP contribution in [0.15, 0.2) is 34.3 Å². The molecule has 1 aliphatic rings. The highest BCUT2D eigenvalue weighted by Crippen LogP contribution is 2.22. The highest BCUT2D eigenvalue weighted by atomic mass is 32.2. The quantitative estimate of drug-likeness (QED) is 0.554. The molecule has 0 spiro atoms. The molecular weight excluding hydrogens is 350 g/mol. The van der Waals surface area contributed by atoms with Crippen LogP contribution in [0.4, 0.5) is 0 Å². The predicted molar refractivity (Wildman–Crippen MR) is 88.3 cm³/mol. The van der Waals surface area contributed by atoms with Crippen molar-refractivity contribution >= 4 is 27.6 Å². The number of Topliss-reactive ketones (excluding diaryl/α,β-unsaturated/α-hetero) is 1. The molecule has 0 atom stereocenters. The van der Waals surface area contributed by atoms with Gasteiger partial charge in [-0.05, 0) is 35.4 Å². The Hall–Kier alpha value is -1.78. The molecule has 3 rings (SSSR count). The summed E-state index contributed by atoms with van der Waals surface area (Å²) in [6.45, 7) is 1.12. The van der Waals surface area contributed by atoms with E-state index < -0.39 is 10.0 Å². The first kappa shape index (κ1) is 17.1. The summed E-state index contributed by atoms with van der Waals surface area (Å²) < 4.78 is 27.9. The Kier molecular flexibility index (Phi) is 4.97. The normalized spacial score (nSPS) is 15.7. The van der Waals surface area contributed by atoms with E-state index in [9.17, 15) is 13.2 Å². The molecule has 2 heterocycles. The number of carbonyl (C=O) groups excluding carboxylic acids is 1. The minimum atomic E-state index is -3.45. The molecule has 128 valence electrons. The maximum atomic E-state index is 12.4. The predicted octanol–water partition coefficient (Wildman–Crippen LogP) is 0.970. The van der Waals surface area contributed by atoms with Crippen LogP contribution >= 0.6 is 11.8 Å². The van der Waals surface area contributed by atoms with E-state index in [1.165, 1.54) is 32.9 Å². The molecule has 1 aromatic carbocycles. The van der Waals surface area contributed by atoms with Crippen LogP contribution < -0.4 is 0 Å². The number of rotatable bonds is 6. The van der Waals surface area contributed by atoms with Gasteiger partial charge in [0, 0.05) is 25.7 Å². The van der Waals surface area contributed by atoms with E-state index >= 15 is 0 Å². The SMILES string of the molecule is Cn1nnnc1SCC(=O)c1ccc(S(=O)(=O)N2CCCC2)cc1. The molecule has 24 heavy (non-hydrogen) atoms. The van der Waals surface area contributed by atoms with E-state index in [2.05, 4.69) is 15.5 Å². The molecule has 0 amide bonds. The number of thioether (sulfide) groups is 1. The van der Waals surface area contributed by atoms with Crippen LogP contribution in [0, 0.1) is 0 Å². The fourth-order valence-electron chi connectivity index (χ4n) is 2.45. The van der Waals surface area contributed by atoms with Crippen molar-refractivity contribution in [2.24, 2.45) is 7.05 Å². The molecule has 10 heteroatoms. The van der Waals surface area contributed by atoms with Gasteiger partial charge in [0.15, 0.2) is 5.78 Å². The molecule has 8 nitrogen and oxygen atoms in total. The number of carbonyl (C=O) groups is 1. The lowest BCUT2D eigenvalue weighted by molar-refractivity contribution is 0.102. The fraction of sp³-hybridized carbons (Fsp3) is 0.429. The van der Waals surface area contributed by atoms with Crippen LogP contribution in [0.25, 0.3) is 0 Å². The van der Waals surface area contributed by atoms with Crippen molar-refractivity contribution in [1.29, 1.82) is 0 Å². The zero-order valence-electron chi connectivity index (χ0n) is 13.1. The number of sulfonamides is 1. The van der Waals surface area contributed by atoms with Gasteiger partial charge in [0.2, 0.25) is 15.2 Å². The summed E-state index contributed by atoms with van der Waals surface area (Å²) >= 11 is 1.24. The van der Waals surface area contributed by atoms with Crippen LogP contribution in [0.2, 0.25) is 0 Å². The number of ketones is 1. The maximum absolute atomic E-state index is 12.4. The number of benzene rings is 1. The second-order valence-corrected chi connectivity index (χ2v) is 8.31. The van der Waals surface area contributed by atoms with Gasteiger partial charge in [-0.2, -0.15) is 4.31 Å². The Labute approximate surface area is 144 Å². The minimum Gasteiger partial charge on any atom is -0.293 e. The van der Waals surface area contributed by atoms with Crippen molar-refractivity contribution in [3.05, 3.63) is 29.8 Å². The van der Waals surface area contributed by atoms with Gasteiger partial charge >= 0.3 is 0 Å². The first-order valence-corrected chi connectivity index (χ1v) is 9.89. The van der Waals surface area contributed by atoms with E-state index in [-0.39, 0.29) is 16.4 Å². The lowest BCUT2D eigenvalue weighted by Crippen LogP contribution is -2.27. The van der Waals surface area contributed by atoms with Gasteiger partial charge in [0.25, 0.3) is 0 Å². The molecular formula is C14H17N5O3S2. The summed E-state index contributed by atoms with van der Waals surface area (Å²) in [7, 11) is -1.75. The Morgan fingerprint density at radius 1 is 1.21 bits per heavy atom. The molecule has 0 unspecified atom stereocenters. The van der Waals surface area contributed by atoms with Crippen molar-refractivity contribution in [2.45, 2.75) is 22.9 Å². The van der Waals surface area contributed by atoms with Crippen LogP contribution in [0.3, 0.4) is 0 Å². The summed E-state index contributed by atoms with van der Waals surface area (Å²) in [5.74, 6) is 0.0833. The van der Waals surface area contributed by atoms with E-state index in [0.717, 1.165) is 12.8 Å². The number of aromatic nitrogens is 4. The van der Waals surface area contributed by atoms with Gasteiger partial charge in [-0.1, -0.05) is 23.9 Å². The Bertz CT molecular complexity index is 826. The number of tetrazole rings is 1. The molecule has 0 N–H and O–H groups in total. The average Bonchev–Trinajstić information content (AvgIpc) is 3.25. The van der Waals surface area contributed by atoms with Gasteiger partial charge in [-0.15, -0.1) is 5.10 Å². The third kappa shape index (κ3) is 3.50. The molecule has 0 radical (unpaired) electrons. The first-order chi connectivity index (χ1) is 11.5. The highest BCUT2D eigenvalue weighted by molar-refractivity contribution is 7.99. The molecule has 2 aromatic rings. The van der Waals surface area contributed by atoms with Gasteiger partial charge in [0.1, 0.15) is 0 Å². The van der Waals surface area contributed by atoms with Crippen LogP contribution in [0.5, 0.6) is 0 Å². The topological polar surface area (TPSA) is 98.0 Å². The van der Waals surface area contributed by atoms with E-state index in [1.54, 1.807) is 19.2 Å². The van der Waals surface area contributed by atoms with Crippen molar-refractivity contribution in [2.75, 3.05) is 18.8 Å². The summed E-state index contributed by atoms with van der Waals surface area (Å²) in [5, 5.41) is 11.6. The van der Waals surface area contributed by atoms with Crippen LogP contribution in [0.1, 0.15) is 23.2 Å². The van der Waals surface area contributed by atoms with Crippen molar-refractivity contribution in [1.82, 2.24) is 24.5 Å². The van der Waals surface area contributed by atoms with Crippen LogP contribution in [-0.2, 0) is 17.1 Å². The number of hydrogen-bond acceptors (Lipinski definition) is 7. The van der Waals surface area contributed by atoms with Crippen molar-refractivity contribution < 1.29 is 13.2 Å². The highest BCUT2D eigenvalue weighted by Gasteiger charge is 2.27. The third-order valence-corrected chi connectivity index (χ3v) is 6.72. The third-order valence-electron chi connectivity index (χ3n) is 3.79. The van der Waals surface area contributed by atoms with Gasteiger partial charge < -0.3 is 0 Å². The Morgan fingerprint density at radius 3 is 2.46 bits per heavy atom. The van der Waals surface area contributed by atoms with Crippen molar-refractivity contribution in [3.8, 4) is 0 Å². The van der Waals surface area contributed by atoms with Crippen molar-refractivity contribution in [3.63, 3.8) is 0 Å². The van der Waals surface area contributed by atoms with Gasteiger partial charge in [-0.25, -0.2) is 13.1 Å². The molecule has 0 saturated carbocycles. The number of aryl methyl sites for hydroxylation is 1. The van der Waals surface area contributed by atoms with E-state index in [1.807, 2.05) is 0 Å². The summed E-state index contributed by atoms with van der Waals surface area (Å²) in [6, 6.07) is 6.10. The Balaban J connectivity index is 1.67. The summed E-state index contributed by atoms with van der Waals surface area (Å²) in [5.41, 5.74) is 0.470. The maximum Gasteiger partial charge on any atom is 0.243 e.